The van der Waals surface area contributed by atoms with Gasteiger partial charge in [-0.15, -0.1) is 0 Å². The summed E-state index contributed by atoms with van der Waals surface area (Å²) >= 11 is 0. The van der Waals surface area contributed by atoms with Crippen molar-refractivity contribution < 1.29 is 13.2 Å². The molecule has 0 aliphatic carbocycles. The Bertz CT molecular complexity index is 923. The van der Waals surface area contributed by atoms with Crippen LogP contribution in [0, 0.1) is 6.92 Å². The van der Waals surface area contributed by atoms with E-state index >= 15 is 0 Å². The number of nitrogens with one attached hydrogen (secondary N) is 2. The van der Waals surface area contributed by atoms with Crippen molar-refractivity contribution in [3.05, 3.63) is 59.7 Å². The summed E-state index contributed by atoms with van der Waals surface area (Å²) in [6.45, 7) is 5.39. The lowest BCUT2D eigenvalue weighted by Crippen LogP contribution is -2.37. The van der Waals surface area contributed by atoms with Gasteiger partial charge in [-0.1, -0.05) is 36.4 Å². The molecule has 1 saturated heterocycles. The first-order chi connectivity index (χ1) is 13.4. The number of hydrogen-bond acceptors (Lipinski definition) is 4. The van der Waals surface area contributed by atoms with Gasteiger partial charge in [0.2, 0.25) is 15.9 Å². The molecule has 28 heavy (non-hydrogen) atoms. The number of nitrogens with zero attached hydrogens (tertiary/aromatic N) is 1. The highest BCUT2D eigenvalue weighted by atomic mass is 32.2. The van der Waals surface area contributed by atoms with Crippen molar-refractivity contribution in [3.63, 3.8) is 0 Å². The van der Waals surface area contributed by atoms with E-state index in [1.54, 1.807) is 19.1 Å². The van der Waals surface area contributed by atoms with E-state index in [4.69, 9.17) is 0 Å². The molecule has 1 atom stereocenters. The Morgan fingerprint density at radius 3 is 2.43 bits per heavy atom. The van der Waals surface area contributed by atoms with Crippen LogP contribution in [0.5, 0.6) is 0 Å². The van der Waals surface area contributed by atoms with Crippen molar-refractivity contribution in [3.8, 4) is 0 Å². The predicted octanol–water partition coefficient (Wildman–Crippen LogP) is 3.07. The number of hydrogen-bond donors (Lipinski definition) is 2. The minimum atomic E-state index is -3.71. The van der Waals surface area contributed by atoms with E-state index in [1.807, 2.05) is 30.3 Å². The van der Waals surface area contributed by atoms with Crippen LogP contribution in [0.4, 0.5) is 5.69 Å². The van der Waals surface area contributed by atoms with Crippen LogP contribution >= 0.6 is 0 Å². The number of carbonyl (C=O) groups excluding carboxylic acids is 1. The van der Waals surface area contributed by atoms with Gasteiger partial charge >= 0.3 is 0 Å². The highest BCUT2D eigenvalue weighted by molar-refractivity contribution is 7.89. The molecule has 1 amide bonds. The molecule has 0 aromatic heterocycles. The highest BCUT2D eigenvalue weighted by Crippen LogP contribution is 2.26. The molecule has 6 nitrogen and oxygen atoms in total. The molecule has 1 aliphatic heterocycles. The molecule has 2 N–H and O–H groups in total. The first-order valence-electron chi connectivity index (χ1n) is 9.54. The Balaban J connectivity index is 1.81. The normalized spacial score (nSPS) is 16.1. The van der Waals surface area contributed by atoms with E-state index < -0.39 is 10.0 Å². The number of carbonyl (C=O) groups is 1. The summed E-state index contributed by atoms with van der Waals surface area (Å²) < 4.78 is 28.8. The summed E-state index contributed by atoms with van der Waals surface area (Å²) in [7, 11) is -3.71. The second-order valence-corrected chi connectivity index (χ2v) is 8.92. The van der Waals surface area contributed by atoms with Crippen LogP contribution in [0.15, 0.2) is 53.4 Å². The largest absolute Gasteiger partial charge is 0.326 e. The van der Waals surface area contributed by atoms with E-state index in [1.165, 1.54) is 13.0 Å². The van der Waals surface area contributed by atoms with Gasteiger partial charge in [-0.25, -0.2) is 13.1 Å². The molecule has 7 heteroatoms. The quantitative estimate of drug-likeness (QED) is 0.747. The minimum Gasteiger partial charge on any atom is -0.326 e. The number of sulfonamides is 1. The molecule has 1 fully saturated rings. The zero-order chi connectivity index (χ0) is 20.1. The Kier molecular flexibility index (Phi) is 6.49. The van der Waals surface area contributed by atoms with Gasteiger partial charge < -0.3 is 5.32 Å². The van der Waals surface area contributed by atoms with Crippen LogP contribution < -0.4 is 10.0 Å². The first kappa shape index (κ1) is 20.5. The monoisotopic (exact) mass is 401 g/mol. The van der Waals surface area contributed by atoms with Crippen molar-refractivity contribution in [1.29, 1.82) is 0 Å². The lowest BCUT2D eigenvalue weighted by molar-refractivity contribution is -0.114. The van der Waals surface area contributed by atoms with Crippen LogP contribution in [0.2, 0.25) is 0 Å². The van der Waals surface area contributed by atoms with Crippen molar-refractivity contribution in [1.82, 2.24) is 9.62 Å². The summed E-state index contributed by atoms with van der Waals surface area (Å²) in [4.78, 5) is 13.8. The molecule has 0 spiro atoms. The van der Waals surface area contributed by atoms with Gasteiger partial charge in [-0.05, 0) is 56.1 Å². The SMILES string of the molecule is CC(=O)Nc1ccc(C)c(S(=O)(=O)NCC(c2ccccc2)N2CCCC2)c1. The number of likely N-dealkylation sites (tertiary alicyclic amines) is 1. The fourth-order valence-corrected chi connectivity index (χ4v) is 4.93. The Morgan fingerprint density at radius 1 is 1.11 bits per heavy atom. The second-order valence-electron chi connectivity index (χ2n) is 7.18. The third kappa shape index (κ3) is 4.98. The average molecular weight is 402 g/mol. The number of rotatable bonds is 7. The maximum Gasteiger partial charge on any atom is 0.240 e. The molecule has 1 unspecified atom stereocenters. The summed E-state index contributed by atoms with van der Waals surface area (Å²) in [5, 5.41) is 2.64. The zero-order valence-corrected chi connectivity index (χ0v) is 17.1. The zero-order valence-electron chi connectivity index (χ0n) is 16.3. The maximum atomic E-state index is 13.0. The molecule has 1 heterocycles. The van der Waals surface area contributed by atoms with Gasteiger partial charge in [-0.2, -0.15) is 0 Å². The lowest BCUT2D eigenvalue weighted by atomic mass is 10.1. The van der Waals surface area contributed by atoms with E-state index in [0.717, 1.165) is 31.5 Å². The van der Waals surface area contributed by atoms with Crippen molar-refractivity contribution in [2.75, 3.05) is 25.0 Å². The van der Waals surface area contributed by atoms with Crippen LogP contribution in [0.3, 0.4) is 0 Å². The first-order valence-corrected chi connectivity index (χ1v) is 11.0. The summed E-state index contributed by atoms with van der Waals surface area (Å²) in [6.07, 6.45) is 2.27. The third-order valence-electron chi connectivity index (χ3n) is 5.03. The smallest absolute Gasteiger partial charge is 0.240 e. The maximum absolute atomic E-state index is 13.0. The molecular formula is C21H27N3O3S. The summed E-state index contributed by atoms with van der Waals surface area (Å²) in [5.74, 6) is -0.238. The van der Waals surface area contributed by atoms with Crippen LogP contribution in [0.1, 0.15) is 36.9 Å². The Hall–Kier alpha value is -2.22. The van der Waals surface area contributed by atoms with E-state index in [-0.39, 0.29) is 16.8 Å². The van der Waals surface area contributed by atoms with Gasteiger partial charge in [0.05, 0.1) is 4.90 Å². The molecule has 0 bridgehead atoms. The van der Waals surface area contributed by atoms with Gasteiger partial charge in [0.15, 0.2) is 0 Å². The Morgan fingerprint density at radius 2 is 1.79 bits per heavy atom. The second kappa shape index (κ2) is 8.86. The molecule has 1 aliphatic rings. The topological polar surface area (TPSA) is 78.5 Å². The van der Waals surface area contributed by atoms with Crippen LogP contribution in [0.25, 0.3) is 0 Å². The molecule has 3 rings (SSSR count). The molecule has 2 aromatic rings. The Labute approximate surface area is 167 Å². The van der Waals surface area contributed by atoms with E-state index in [9.17, 15) is 13.2 Å². The van der Waals surface area contributed by atoms with Gasteiger partial charge in [0.25, 0.3) is 0 Å². The summed E-state index contributed by atoms with van der Waals surface area (Å²) in [5.41, 5.74) is 2.22. The number of aryl methyl sites for hydroxylation is 1. The standard InChI is InChI=1S/C21H27N3O3S/c1-16-10-11-19(23-17(2)25)14-21(16)28(26,27)22-15-20(24-12-6-7-13-24)18-8-4-3-5-9-18/h3-5,8-11,14,20,22H,6-7,12-13,15H2,1-2H3,(H,23,25). The van der Waals surface area contributed by atoms with Crippen LogP contribution in [-0.4, -0.2) is 38.9 Å². The van der Waals surface area contributed by atoms with E-state index in [2.05, 4.69) is 14.9 Å². The molecule has 150 valence electrons. The highest BCUT2D eigenvalue weighted by Gasteiger charge is 2.26. The van der Waals surface area contributed by atoms with Crippen LogP contribution in [-0.2, 0) is 14.8 Å². The molecule has 0 radical (unpaired) electrons. The van der Waals surface area contributed by atoms with Crippen molar-refractivity contribution >= 4 is 21.6 Å². The van der Waals surface area contributed by atoms with Gasteiger partial charge in [0.1, 0.15) is 0 Å². The fraction of sp³-hybridized carbons (Fsp3) is 0.381. The number of anilines is 1. The summed E-state index contributed by atoms with van der Waals surface area (Å²) in [6, 6.07) is 14.9. The molecule has 0 saturated carbocycles. The van der Waals surface area contributed by atoms with Gasteiger partial charge in [0, 0.05) is 25.2 Å². The third-order valence-corrected chi connectivity index (χ3v) is 6.60. The molecular weight excluding hydrogens is 374 g/mol. The lowest BCUT2D eigenvalue weighted by Gasteiger charge is -2.28. The number of amides is 1. The molecule has 2 aromatic carbocycles. The fourth-order valence-electron chi connectivity index (χ4n) is 3.62. The average Bonchev–Trinajstić information content (AvgIpc) is 3.18. The van der Waals surface area contributed by atoms with Crippen molar-refractivity contribution in [2.24, 2.45) is 0 Å². The van der Waals surface area contributed by atoms with Gasteiger partial charge in [-0.3, -0.25) is 9.69 Å². The minimum absolute atomic E-state index is 0.00249. The van der Waals surface area contributed by atoms with Crippen molar-refractivity contribution in [2.45, 2.75) is 37.6 Å². The number of benzene rings is 2. The van der Waals surface area contributed by atoms with E-state index in [0.29, 0.717) is 17.8 Å². The predicted molar refractivity (Wildman–Crippen MR) is 111 cm³/mol.